The quantitative estimate of drug-likeness (QED) is 0.598. The predicted molar refractivity (Wildman–Crippen MR) is 54.6 cm³/mol. The smallest absolute Gasteiger partial charge is 0.107 e. The number of nitrogens with zero attached hydrogens (tertiary/aromatic N) is 1. The minimum absolute atomic E-state index is 0.253. The standard InChI is InChI=1S/C11H20FN/c1-11(2,10-12)13-8-6-4-3-5-7-9-13/h3-4H,5-10H2,1-2H3/b4-3+. The summed E-state index contributed by atoms with van der Waals surface area (Å²) in [5, 5.41) is 0. The van der Waals surface area contributed by atoms with Gasteiger partial charge < -0.3 is 0 Å². The molecule has 1 heterocycles. The monoisotopic (exact) mass is 185 g/mol. The normalized spacial score (nSPS) is 23.6. The SMILES string of the molecule is CC(C)(CF)N1CC/C=C/CCC1. The molecule has 0 amide bonds. The van der Waals surface area contributed by atoms with Gasteiger partial charge in [0.2, 0.25) is 0 Å². The number of halogens is 1. The molecule has 1 nitrogen and oxygen atoms in total. The van der Waals surface area contributed by atoms with E-state index in [1.807, 2.05) is 13.8 Å². The van der Waals surface area contributed by atoms with Crippen LogP contribution in [0, 0.1) is 0 Å². The van der Waals surface area contributed by atoms with Crippen molar-refractivity contribution in [3.8, 4) is 0 Å². The van der Waals surface area contributed by atoms with E-state index in [-0.39, 0.29) is 12.2 Å². The van der Waals surface area contributed by atoms with Gasteiger partial charge in [-0.05, 0) is 39.7 Å². The zero-order chi connectivity index (χ0) is 9.73. The van der Waals surface area contributed by atoms with Gasteiger partial charge in [-0.2, -0.15) is 0 Å². The van der Waals surface area contributed by atoms with Crippen LogP contribution < -0.4 is 0 Å². The largest absolute Gasteiger partial charge is 0.295 e. The summed E-state index contributed by atoms with van der Waals surface area (Å²) in [5.41, 5.74) is -0.273. The van der Waals surface area contributed by atoms with Crippen LogP contribution in [-0.4, -0.2) is 30.2 Å². The van der Waals surface area contributed by atoms with E-state index in [0.717, 1.165) is 32.4 Å². The summed E-state index contributed by atoms with van der Waals surface area (Å²) in [4.78, 5) is 2.26. The lowest BCUT2D eigenvalue weighted by molar-refractivity contribution is 0.0917. The molecular weight excluding hydrogens is 165 g/mol. The number of hydrogen-bond acceptors (Lipinski definition) is 1. The fourth-order valence-electron chi connectivity index (χ4n) is 1.67. The van der Waals surface area contributed by atoms with E-state index in [4.69, 9.17) is 0 Å². The minimum Gasteiger partial charge on any atom is -0.295 e. The Balaban J connectivity index is 2.52. The number of hydrogen-bond donors (Lipinski definition) is 0. The molecule has 76 valence electrons. The maximum Gasteiger partial charge on any atom is 0.107 e. The summed E-state index contributed by atoms with van der Waals surface area (Å²) in [5.74, 6) is 0. The zero-order valence-corrected chi connectivity index (χ0v) is 8.72. The van der Waals surface area contributed by atoms with E-state index in [1.165, 1.54) is 0 Å². The highest BCUT2D eigenvalue weighted by Gasteiger charge is 2.25. The highest BCUT2D eigenvalue weighted by atomic mass is 19.1. The van der Waals surface area contributed by atoms with Crippen LogP contribution in [-0.2, 0) is 0 Å². The van der Waals surface area contributed by atoms with Crippen molar-refractivity contribution in [1.29, 1.82) is 0 Å². The van der Waals surface area contributed by atoms with Crippen molar-refractivity contribution < 1.29 is 4.39 Å². The molecule has 0 fully saturated rings. The Labute approximate surface area is 80.6 Å². The molecule has 0 saturated carbocycles. The highest BCUT2D eigenvalue weighted by Crippen LogP contribution is 2.18. The van der Waals surface area contributed by atoms with E-state index >= 15 is 0 Å². The molecule has 0 aromatic heterocycles. The molecule has 1 rings (SSSR count). The van der Waals surface area contributed by atoms with Crippen LogP contribution >= 0.6 is 0 Å². The molecule has 0 spiro atoms. The van der Waals surface area contributed by atoms with Gasteiger partial charge in [-0.15, -0.1) is 0 Å². The van der Waals surface area contributed by atoms with Gasteiger partial charge in [0.1, 0.15) is 6.67 Å². The Morgan fingerprint density at radius 1 is 1.23 bits per heavy atom. The van der Waals surface area contributed by atoms with Crippen molar-refractivity contribution in [3.63, 3.8) is 0 Å². The summed E-state index contributed by atoms with van der Waals surface area (Å²) in [7, 11) is 0. The lowest BCUT2D eigenvalue weighted by Crippen LogP contribution is -2.46. The van der Waals surface area contributed by atoms with Crippen LogP contribution in [0.15, 0.2) is 12.2 Å². The third-order valence-corrected chi connectivity index (χ3v) is 2.71. The molecule has 2 heteroatoms. The molecular formula is C11H20FN. The van der Waals surface area contributed by atoms with Gasteiger partial charge in [0.05, 0.1) is 0 Å². The molecule has 0 unspecified atom stereocenters. The lowest BCUT2D eigenvalue weighted by Gasteiger charge is -2.36. The second kappa shape index (κ2) is 4.75. The molecule has 0 aromatic carbocycles. The molecule has 13 heavy (non-hydrogen) atoms. The van der Waals surface area contributed by atoms with E-state index < -0.39 is 0 Å². The van der Waals surface area contributed by atoms with E-state index in [1.54, 1.807) is 0 Å². The minimum atomic E-state index is -0.273. The van der Waals surface area contributed by atoms with Gasteiger partial charge in [-0.25, -0.2) is 4.39 Å². The molecule has 0 aliphatic carbocycles. The summed E-state index contributed by atoms with van der Waals surface area (Å²) in [6.07, 6.45) is 7.79. The third kappa shape index (κ3) is 3.11. The third-order valence-electron chi connectivity index (χ3n) is 2.71. The molecule has 0 bridgehead atoms. The van der Waals surface area contributed by atoms with Crippen LogP contribution in [0.25, 0.3) is 0 Å². The van der Waals surface area contributed by atoms with Gasteiger partial charge in [-0.3, -0.25) is 4.90 Å². The molecule has 0 radical (unpaired) electrons. The summed E-state index contributed by atoms with van der Waals surface area (Å²) in [6, 6.07) is 0. The van der Waals surface area contributed by atoms with Gasteiger partial charge in [0.15, 0.2) is 0 Å². The molecule has 0 atom stereocenters. The highest BCUT2D eigenvalue weighted by molar-refractivity contribution is 4.89. The molecule has 1 aliphatic heterocycles. The van der Waals surface area contributed by atoms with Crippen molar-refractivity contribution >= 4 is 0 Å². The van der Waals surface area contributed by atoms with Gasteiger partial charge in [-0.1, -0.05) is 12.2 Å². The van der Waals surface area contributed by atoms with E-state index in [9.17, 15) is 4.39 Å². The second-order valence-electron chi connectivity index (χ2n) is 4.34. The van der Waals surface area contributed by atoms with E-state index in [0.29, 0.717) is 0 Å². The fraction of sp³-hybridized carbons (Fsp3) is 0.818. The number of allylic oxidation sites excluding steroid dienone is 1. The lowest BCUT2D eigenvalue weighted by atomic mass is 10.0. The first-order chi connectivity index (χ1) is 6.17. The van der Waals surface area contributed by atoms with Crippen molar-refractivity contribution in [2.24, 2.45) is 0 Å². The summed E-state index contributed by atoms with van der Waals surface area (Å²) < 4.78 is 12.7. The predicted octanol–water partition coefficient (Wildman–Crippen LogP) is 2.78. The van der Waals surface area contributed by atoms with Gasteiger partial charge in [0, 0.05) is 12.1 Å². The fourth-order valence-corrected chi connectivity index (χ4v) is 1.67. The van der Waals surface area contributed by atoms with Crippen molar-refractivity contribution in [3.05, 3.63) is 12.2 Å². The number of alkyl halides is 1. The number of rotatable bonds is 2. The maximum atomic E-state index is 12.7. The first-order valence-corrected chi connectivity index (χ1v) is 5.13. The molecule has 1 aliphatic rings. The topological polar surface area (TPSA) is 3.24 Å². The second-order valence-corrected chi connectivity index (χ2v) is 4.34. The zero-order valence-electron chi connectivity index (χ0n) is 8.72. The van der Waals surface area contributed by atoms with E-state index in [2.05, 4.69) is 17.1 Å². The average Bonchev–Trinajstić information content (AvgIpc) is 2.03. The Kier molecular flexibility index (Phi) is 3.91. The average molecular weight is 185 g/mol. The van der Waals surface area contributed by atoms with Gasteiger partial charge >= 0.3 is 0 Å². The van der Waals surface area contributed by atoms with Crippen LogP contribution in [0.4, 0.5) is 4.39 Å². The van der Waals surface area contributed by atoms with Crippen molar-refractivity contribution in [1.82, 2.24) is 4.90 Å². The van der Waals surface area contributed by atoms with Crippen LogP contribution in [0.3, 0.4) is 0 Å². The van der Waals surface area contributed by atoms with Crippen molar-refractivity contribution in [2.75, 3.05) is 19.8 Å². The first kappa shape index (κ1) is 10.7. The Morgan fingerprint density at radius 3 is 2.62 bits per heavy atom. The van der Waals surface area contributed by atoms with Gasteiger partial charge in [0.25, 0.3) is 0 Å². The van der Waals surface area contributed by atoms with Crippen LogP contribution in [0.5, 0.6) is 0 Å². The Morgan fingerprint density at radius 2 is 1.92 bits per heavy atom. The van der Waals surface area contributed by atoms with Crippen LogP contribution in [0.1, 0.15) is 33.1 Å². The molecule has 0 aromatic rings. The summed E-state index contributed by atoms with van der Waals surface area (Å²) >= 11 is 0. The molecule has 0 N–H and O–H groups in total. The Hall–Kier alpha value is -0.370. The van der Waals surface area contributed by atoms with Crippen LogP contribution in [0.2, 0.25) is 0 Å². The maximum absolute atomic E-state index is 12.7. The first-order valence-electron chi connectivity index (χ1n) is 5.13. The Bertz CT molecular complexity index is 175. The van der Waals surface area contributed by atoms with Crippen molar-refractivity contribution in [2.45, 2.75) is 38.6 Å². The molecule has 0 saturated heterocycles. The summed E-state index contributed by atoms with van der Waals surface area (Å²) in [6.45, 7) is 5.74.